The number of hydrogen-bond acceptors (Lipinski definition) is 6. The topological polar surface area (TPSA) is 97.4 Å². The van der Waals surface area contributed by atoms with Crippen LogP contribution in [0.25, 0.3) is 11.4 Å². The molecular weight excluding hydrogens is 372 g/mol. The maximum atomic E-state index is 9.36. The number of nitrogens with one attached hydrogen (secondary N) is 2. The van der Waals surface area contributed by atoms with Gasteiger partial charge in [0.1, 0.15) is 17.7 Å². The van der Waals surface area contributed by atoms with Crippen LogP contribution in [0.5, 0.6) is 0 Å². The Labute approximate surface area is 174 Å². The molecule has 0 saturated carbocycles. The van der Waals surface area contributed by atoms with Crippen LogP contribution in [0.1, 0.15) is 11.1 Å². The Kier molecular flexibility index (Phi) is 5.32. The van der Waals surface area contributed by atoms with E-state index in [0.29, 0.717) is 34.3 Å². The van der Waals surface area contributed by atoms with Crippen LogP contribution in [0.4, 0.5) is 23.0 Å². The Morgan fingerprint density at radius 2 is 1.33 bits per heavy atom. The van der Waals surface area contributed by atoms with Gasteiger partial charge in [0.15, 0.2) is 5.82 Å². The molecular formula is C24H16N6. The predicted octanol–water partition coefficient (Wildman–Crippen LogP) is 5.37. The van der Waals surface area contributed by atoms with Gasteiger partial charge in [-0.05, 0) is 36.4 Å². The van der Waals surface area contributed by atoms with Gasteiger partial charge in [0.25, 0.3) is 0 Å². The van der Waals surface area contributed by atoms with Gasteiger partial charge < -0.3 is 10.6 Å². The molecule has 0 atom stereocenters. The molecule has 30 heavy (non-hydrogen) atoms. The third-order valence-electron chi connectivity index (χ3n) is 4.35. The van der Waals surface area contributed by atoms with E-state index in [-0.39, 0.29) is 0 Å². The Morgan fingerprint density at radius 3 is 2.03 bits per heavy atom. The minimum absolute atomic E-state index is 0.527. The molecule has 0 radical (unpaired) electrons. The fourth-order valence-electron chi connectivity index (χ4n) is 2.90. The molecule has 0 spiro atoms. The zero-order chi connectivity index (χ0) is 20.8. The smallest absolute Gasteiger partial charge is 0.163 e. The molecule has 0 saturated heterocycles. The molecule has 6 heteroatoms. The summed E-state index contributed by atoms with van der Waals surface area (Å²) in [5.41, 5.74) is 3.46. The lowest BCUT2D eigenvalue weighted by molar-refractivity contribution is 1.17. The minimum atomic E-state index is 0.527. The Morgan fingerprint density at radius 1 is 0.667 bits per heavy atom. The van der Waals surface area contributed by atoms with Crippen LogP contribution in [0, 0.1) is 22.7 Å². The van der Waals surface area contributed by atoms with Crippen LogP contribution in [0.15, 0.2) is 84.9 Å². The zero-order valence-electron chi connectivity index (χ0n) is 15.9. The van der Waals surface area contributed by atoms with Crippen molar-refractivity contribution in [1.29, 1.82) is 10.5 Å². The van der Waals surface area contributed by atoms with Crippen molar-refractivity contribution in [1.82, 2.24) is 9.97 Å². The highest BCUT2D eigenvalue weighted by Gasteiger charge is 2.09. The summed E-state index contributed by atoms with van der Waals surface area (Å²) in [6.45, 7) is 0. The van der Waals surface area contributed by atoms with Crippen molar-refractivity contribution in [2.24, 2.45) is 0 Å². The number of anilines is 4. The van der Waals surface area contributed by atoms with Gasteiger partial charge in [-0.25, -0.2) is 9.97 Å². The third-order valence-corrected chi connectivity index (χ3v) is 4.35. The minimum Gasteiger partial charge on any atom is -0.340 e. The monoisotopic (exact) mass is 388 g/mol. The predicted molar refractivity (Wildman–Crippen MR) is 116 cm³/mol. The summed E-state index contributed by atoms with van der Waals surface area (Å²) in [5.74, 6) is 1.69. The van der Waals surface area contributed by atoms with Crippen LogP contribution in [0.3, 0.4) is 0 Å². The fourth-order valence-corrected chi connectivity index (χ4v) is 2.90. The van der Waals surface area contributed by atoms with E-state index in [1.807, 2.05) is 60.7 Å². The molecule has 0 fully saturated rings. The molecule has 3 aromatic carbocycles. The zero-order valence-corrected chi connectivity index (χ0v) is 15.9. The van der Waals surface area contributed by atoms with E-state index in [2.05, 4.69) is 32.7 Å². The summed E-state index contributed by atoms with van der Waals surface area (Å²) in [6, 6.07) is 30.1. The van der Waals surface area contributed by atoms with E-state index in [9.17, 15) is 5.26 Å². The number of rotatable bonds is 5. The molecule has 1 aromatic heterocycles. The van der Waals surface area contributed by atoms with E-state index in [1.165, 1.54) is 0 Å². The first-order valence-corrected chi connectivity index (χ1v) is 9.23. The van der Waals surface area contributed by atoms with E-state index >= 15 is 0 Å². The molecule has 2 N–H and O–H groups in total. The number of aromatic nitrogens is 2. The van der Waals surface area contributed by atoms with Gasteiger partial charge in [-0.1, -0.05) is 42.5 Å². The van der Waals surface area contributed by atoms with Gasteiger partial charge in [-0.2, -0.15) is 10.5 Å². The van der Waals surface area contributed by atoms with Crippen LogP contribution >= 0.6 is 0 Å². The Bertz CT molecular complexity index is 1250. The van der Waals surface area contributed by atoms with Crippen LogP contribution in [-0.4, -0.2) is 9.97 Å². The standard InChI is InChI=1S/C24H16N6/c25-15-17-10-12-20(13-11-17)27-22-14-23(28-21-9-5-4-8-19(21)16-26)30-24(29-22)18-6-2-1-3-7-18/h1-14H,(H2,27,28,29,30). The van der Waals surface area contributed by atoms with Crippen molar-refractivity contribution in [3.05, 3.63) is 96.1 Å². The summed E-state index contributed by atoms with van der Waals surface area (Å²) >= 11 is 0. The highest BCUT2D eigenvalue weighted by Crippen LogP contribution is 2.26. The number of hydrogen-bond donors (Lipinski definition) is 2. The average Bonchev–Trinajstić information content (AvgIpc) is 2.80. The summed E-state index contributed by atoms with van der Waals surface area (Å²) in [7, 11) is 0. The molecule has 1 heterocycles. The van der Waals surface area contributed by atoms with Crippen LogP contribution in [0.2, 0.25) is 0 Å². The molecule has 6 nitrogen and oxygen atoms in total. The quantitative estimate of drug-likeness (QED) is 0.477. The van der Waals surface area contributed by atoms with Crippen molar-refractivity contribution < 1.29 is 0 Å². The maximum Gasteiger partial charge on any atom is 0.163 e. The highest BCUT2D eigenvalue weighted by molar-refractivity contribution is 5.70. The number of benzene rings is 3. The molecule has 0 bridgehead atoms. The van der Waals surface area contributed by atoms with Gasteiger partial charge in [-0.15, -0.1) is 0 Å². The van der Waals surface area contributed by atoms with E-state index < -0.39 is 0 Å². The molecule has 0 amide bonds. The average molecular weight is 388 g/mol. The Hall–Kier alpha value is -4.68. The van der Waals surface area contributed by atoms with E-state index in [1.54, 1.807) is 24.3 Å². The first-order valence-electron chi connectivity index (χ1n) is 9.23. The maximum absolute atomic E-state index is 9.36. The highest BCUT2D eigenvalue weighted by atomic mass is 15.1. The molecule has 142 valence electrons. The molecule has 0 aliphatic heterocycles. The molecule has 4 aromatic rings. The summed E-state index contributed by atoms with van der Waals surface area (Å²) in [5, 5.41) is 24.8. The Balaban J connectivity index is 1.72. The normalized spacial score (nSPS) is 9.93. The molecule has 0 unspecified atom stereocenters. The van der Waals surface area contributed by atoms with Gasteiger partial charge in [0.05, 0.1) is 22.9 Å². The molecule has 0 aliphatic carbocycles. The molecule has 4 rings (SSSR count). The van der Waals surface area contributed by atoms with Crippen molar-refractivity contribution >= 4 is 23.0 Å². The van der Waals surface area contributed by atoms with Crippen LogP contribution < -0.4 is 10.6 Å². The van der Waals surface area contributed by atoms with Crippen molar-refractivity contribution in [3.63, 3.8) is 0 Å². The van der Waals surface area contributed by atoms with Gasteiger partial charge >= 0.3 is 0 Å². The lowest BCUT2D eigenvalue weighted by atomic mass is 10.2. The lowest BCUT2D eigenvalue weighted by Crippen LogP contribution is -2.02. The van der Waals surface area contributed by atoms with Gasteiger partial charge in [-0.3, -0.25) is 0 Å². The third kappa shape index (κ3) is 4.24. The second-order valence-electron chi connectivity index (χ2n) is 6.42. The van der Waals surface area contributed by atoms with Crippen molar-refractivity contribution in [2.75, 3.05) is 10.6 Å². The first-order chi connectivity index (χ1) is 14.7. The van der Waals surface area contributed by atoms with E-state index in [0.717, 1.165) is 11.3 Å². The summed E-state index contributed by atoms with van der Waals surface area (Å²) in [4.78, 5) is 9.26. The number of nitriles is 2. The lowest BCUT2D eigenvalue weighted by Gasteiger charge is -2.12. The van der Waals surface area contributed by atoms with Gasteiger partial charge in [0, 0.05) is 17.3 Å². The van der Waals surface area contributed by atoms with Crippen LogP contribution in [-0.2, 0) is 0 Å². The van der Waals surface area contributed by atoms with Crippen molar-refractivity contribution in [2.45, 2.75) is 0 Å². The fraction of sp³-hybridized carbons (Fsp3) is 0. The number of para-hydroxylation sites is 1. The largest absolute Gasteiger partial charge is 0.340 e. The summed E-state index contributed by atoms with van der Waals surface area (Å²) in [6.07, 6.45) is 0. The number of nitrogens with zero attached hydrogens (tertiary/aromatic N) is 4. The van der Waals surface area contributed by atoms with Crippen molar-refractivity contribution in [3.8, 4) is 23.5 Å². The second-order valence-corrected chi connectivity index (χ2v) is 6.42. The second kappa shape index (κ2) is 8.55. The van der Waals surface area contributed by atoms with Gasteiger partial charge in [0.2, 0.25) is 0 Å². The first kappa shape index (κ1) is 18.7. The summed E-state index contributed by atoms with van der Waals surface area (Å²) < 4.78 is 0. The van der Waals surface area contributed by atoms with E-state index in [4.69, 9.17) is 5.26 Å². The molecule has 0 aliphatic rings. The SMILES string of the molecule is N#Cc1ccc(Nc2cc(Nc3ccccc3C#N)nc(-c3ccccc3)n2)cc1.